The Hall–Kier alpha value is -1.10. The molecule has 15 heavy (non-hydrogen) atoms. The maximum Gasteiger partial charge on any atom is 0.317 e. The Bertz CT molecular complexity index is 255. The van der Waals surface area contributed by atoms with Crippen molar-refractivity contribution in [2.45, 2.75) is 26.3 Å². The summed E-state index contributed by atoms with van der Waals surface area (Å²) in [5.74, 6) is -0.807. The molecule has 0 spiro atoms. The van der Waals surface area contributed by atoms with E-state index >= 15 is 0 Å². The molecule has 1 saturated heterocycles. The van der Waals surface area contributed by atoms with E-state index in [-0.39, 0.29) is 18.5 Å². The Morgan fingerprint density at radius 1 is 1.47 bits per heavy atom. The lowest BCUT2D eigenvalue weighted by Crippen LogP contribution is -2.57. The Kier molecular flexibility index (Phi) is 4.08. The molecule has 1 amide bonds. The molecule has 0 bridgehead atoms. The highest BCUT2D eigenvalue weighted by atomic mass is 16.4. The molecule has 1 heterocycles. The summed E-state index contributed by atoms with van der Waals surface area (Å²) in [7, 11) is 0. The van der Waals surface area contributed by atoms with Crippen LogP contribution in [0.25, 0.3) is 0 Å². The van der Waals surface area contributed by atoms with E-state index in [0.717, 1.165) is 0 Å². The van der Waals surface area contributed by atoms with Gasteiger partial charge in [-0.1, -0.05) is 6.92 Å². The number of nitrogens with zero attached hydrogens (tertiary/aromatic N) is 2. The molecule has 5 heteroatoms. The maximum atomic E-state index is 11.9. The van der Waals surface area contributed by atoms with Crippen LogP contribution in [0.4, 0.5) is 0 Å². The first-order valence-corrected chi connectivity index (χ1v) is 5.34. The molecule has 1 atom stereocenters. The number of likely N-dealkylation sites (N-methyl/N-ethyl adjacent to an activating group) is 1. The van der Waals surface area contributed by atoms with Gasteiger partial charge in [0.2, 0.25) is 5.91 Å². The number of aliphatic carboxylic acids is 1. The molecule has 1 aliphatic rings. The third-order valence-corrected chi connectivity index (χ3v) is 2.80. The van der Waals surface area contributed by atoms with Crippen molar-refractivity contribution in [3.8, 4) is 0 Å². The number of hydrogen-bond acceptors (Lipinski definition) is 3. The first-order chi connectivity index (χ1) is 7.10. The molecule has 5 nitrogen and oxygen atoms in total. The predicted octanol–water partition coefficient (Wildman–Crippen LogP) is 0.0137. The zero-order valence-corrected chi connectivity index (χ0v) is 9.27. The standard InChI is InChI=1S/C10H18N2O3/c1-3-8-10(15)11(4-2)5-6-12(8)7-9(13)14/h8H,3-7H2,1-2H3,(H,13,14). The summed E-state index contributed by atoms with van der Waals surface area (Å²) in [6, 6.07) is -0.255. The highest BCUT2D eigenvalue weighted by Crippen LogP contribution is 2.13. The van der Waals surface area contributed by atoms with Crippen molar-refractivity contribution < 1.29 is 14.7 Å². The highest BCUT2D eigenvalue weighted by molar-refractivity contribution is 5.83. The fourth-order valence-electron chi connectivity index (χ4n) is 1.99. The quantitative estimate of drug-likeness (QED) is 0.716. The van der Waals surface area contributed by atoms with Crippen LogP contribution in [0.3, 0.4) is 0 Å². The molecule has 0 aromatic carbocycles. The molecule has 1 rings (SSSR count). The third-order valence-electron chi connectivity index (χ3n) is 2.80. The van der Waals surface area contributed by atoms with Crippen LogP contribution in [-0.2, 0) is 9.59 Å². The van der Waals surface area contributed by atoms with E-state index in [1.54, 1.807) is 9.80 Å². The van der Waals surface area contributed by atoms with E-state index in [1.165, 1.54) is 0 Å². The minimum Gasteiger partial charge on any atom is -0.480 e. The summed E-state index contributed by atoms with van der Waals surface area (Å²) in [5, 5.41) is 8.72. The van der Waals surface area contributed by atoms with Crippen molar-refractivity contribution in [1.82, 2.24) is 9.80 Å². The SMILES string of the molecule is CCC1C(=O)N(CC)CCN1CC(=O)O. The summed E-state index contributed by atoms with van der Waals surface area (Å²) < 4.78 is 0. The third kappa shape index (κ3) is 2.68. The van der Waals surface area contributed by atoms with Gasteiger partial charge < -0.3 is 10.0 Å². The van der Waals surface area contributed by atoms with E-state index < -0.39 is 5.97 Å². The van der Waals surface area contributed by atoms with E-state index in [4.69, 9.17) is 5.11 Å². The molecule has 86 valence electrons. The second kappa shape index (κ2) is 5.11. The number of rotatable bonds is 4. The van der Waals surface area contributed by atoms with Crippen molar-refractivity contribution in [2.24, 2.45) is 0 Å². The van der Waals surface area contributed by atoms with Gasteiger partial charge in [0.15, 0.2) is 0 Å². The van der Waals surface area contributed by atoms with Gasteiger partial charge in [0.1, 0.15) is 0 Å². The average molecular weight is 214 g/mol. The van der Waals surface area contributed by atoms with Gasteiger partial charge in [0.05, 0.1) is 12.6 Å². The van der Waals surface area contributed by atoms with Gasteiger partial charge in [0.25, 0.3) is 0 Å². The van der Waals surface area contributed by atoms with Gasteiger partial charge >= 0.3 is 5.97 Å². The Morgan fingerprint density at radius 2 is 2.13 bits per heavy atom. The van der Waals surface area contributed by atoms with Crippen LogP contribution in [-0.4, -0.2) is 59.0 Å². The van der Waals surface area contributed by atoms with Crippen LogP contribution in [0.1, 0.15) is 20.3 Å². The summed E-state index contributed by atoms with van der Waals surface area (Å²) in [6.07, 6.45) is 0.669. The second-order valence-corrected chi connectivity index (χ2v) is 3.71. The van der Waals surface area contributed by atoms with Gasteiger partial charge in [-0.15, -0.1) is 0 Å². The molecule has 1 fully saturated rings. The Morgan fingerprint density at radius 3 is 2.60 bits per heavy atom. The number of carboxylic acid groups (broad SMARTS) is 1. The molecule has 0 aromatic heterocycles. The maximum absolute atomic E-state index is 11.9. The monoisotopic (exact) mass is 214 g/mol. The van der Waals surface area contributed by atoms with Gasteiger partial charge in [-0.2, -0.15) is 0 Å². The fraction of sp³-hybridized carbons (Fsp3) is 0.800. The summed E-state index contributed by atoms with van der Waals surface area (Å²) >= 11 is 0. The average Bonchev–Trinajstić information content (AvgIpc) is 2.18. The van der Waals surface area contributed by atoms with Crippen molar-refractivity contribution in [1.29, 1.82) is 0 Å². The molecule has 1 aliphatic heterocycles. The largest absolute Gasteiger partial charge is 0.480 e. The normalized spacial score (nSPS) is 23.2. The van der Waals surface area contributed by atoms with Crippen LogP contribution < -0.4 is 0 Å². The van der Waals surface area contributed by atoms with Crippen molar-refractivity contribution in [2.75, 3.05) is 26.2 Å². The van der Waals surface area contributed by atoms with Gasteiger partial charge in [-0.25, -0.2) is 0 Å². The van der Waals surface area contributed by atoms with Crippen LogP contribution >= 0.6 is 0 Å². The minimum absolute atomic E-state index is 0.0399. The van der Waals surface area contributed by atoms with E-state index in [9.17, 15) is 9.59 Å². The molecule has 0 aliphatic carbocycles. The zero-order valence-electron chi connectivity index (χ0n) is 9.27. The number of carbonyl (C=O) groups excluding carboxylic acids is 1. The lowest BCUT2D eigenvalue weighted by molar-refractivity contribution is -0.146. The van der Waals surface area contributed by atoms with Gasteiger partial charge in [-0.3, -0.25) is 14.5 Å². The van der Waals surface area contributed by atoms with Crippen molar-refractivity contribution in [3.63, 3.8) is 0 Å². The van der Waals surface area contributed by atoms with Gasteiger partial charge in [0, 0.05) is 19.6 Å². The smallest absolute Gasteiger partial charge is 0.317 e. The lowest BCUT2D eigenvalue weighted by Gasteiger charge is -2.39. The second-order valence-electron chi connectivity index (χ2n) is 3.71. The molecule has 1 N–H and O–H groups in total. The summed E-state index contributed by atoms with van der Waals surface area (Å²) in [5.41, 5.74) is 0. The molecule has 0 aromatic rings. The number of hydrogen-bond donors (Lipinski definition) is 1. The Labute approximate surface area is 89.7 Å². The zero-order chi connectivity index (χ0) is 11.4. The van der Waals surface area contributed by atoms with E-state index in [0.29, 0.717) is 26.1 Å². The summed E-state index contributed by atoms with van der Waals surface area (Å²) in [6.45, 7) is 5.82. The lowest BCUT2D eigenvalue weighted by atomic mass is 10.1. The number of piperazine rings is 1. The molecule has 0 saturated carbocycles. The van der Waals surface area contributed by atoms with Crippen LogP contribution in [0.2, 0.25) is 0 Å². The Balaban J connectivity index is 2.68. The first-order valence-electron chi connectivity index (χ1n) is 5.34. The summed E-state index contributed by atoms with van der Waals surface area (Å²) in [4.78, 5) is 26.0. The van der Waals surface area contributed by atoms with Crippen LogP contribution in [0.15, 0.2) is 0 Å². The van der Waals surface area contributed by atoms with E-state index in [2.05, 4.69) is 0 Å². The van der Waals surface area contributed by atoms with Crippen LogP contribution in [0.5, 0.6) is 0 Å². The van der Waals surface area contributed by atoms with Crippen LogP contribution in [0, 0.1) is 0 Å². The highest BCUT2D eigenvalue weighted by Gasteiger charge is 2.33. The van der Waals surface area contributed by atoms with Gasteiger partial charge in [-0.05, 0) is 13.3 Å². The minimum atomic E-state index is -0.869. The number of carbonyl (C=O) groups is 2. The topological polar surface area (TPSA) is 60.9 Å². The molecular formula is C10H18N2O3. The van der Waals surface area contributed by atoms with Crippen molar-refractivity contribution in [3.05, 3.63) is 0 Å². The van der Waals surface area contributed by atoms with E-state index in [1.807, 2.05) is 13.8 Å². The fourth-order valence-corrected chi connectivity index (χ4v) is 1.99. The predicted molar refractivity (Wildman–Crippen MR) is 55.5 cm³/mol. The number of amides is 1. The molecule has 0 radical (unpaired) electrons. The molecule has 1 unspecified atom stereocenters. The number of carboxylic acids is 1. The first kappa shape index (κ1) is 12.0. The molecular weight excluding hydrogens is 196 g/mol. The van der Waals surface area contributed by atoms with Crippen molar-refractivity contribution >= 4 is 11.9 Å².